The zero-order valence-electron chi connectivity index (χ0n) is 12.4. The Labute approximate surface area is 125 Å². The number of hydrogen-bond donors (Lipinski definition) is 2. The van der Waals surface area contributed by atoms with Crippen LogP contribution in [0.4, 0.5) is 0 Å². The molecule has 0 spiro atoms. The van der Waals surface area contributed by atoms with E-state index in [4.69, 9.17) is 5.73 Å². The summed E-state index contributed by atoms with van der Waals surface area (Å²) < 4.78 is 1.83. The monoisotopic (exact) mass is 286 g/mol. The molecule has 0 saturated carbocycles. The van der Waals surface area contributed by atoms with Gasteiger partial charge in [0.15, 0.2) is 0 Å². The molecule has 0 saturated heterocycles. The van der Waals surface area contributed by atoms with E-state index in [0.29, 0.717) is 18.7 Å². The first-order chi connectivity index (χ1) is 10.2. The van der Waals surface area contributed by atoms with Gasteiger partial charge < -0.3 is 11.1 Å². The first-order valence-corrected chi connectivity index (χ1v) is 7.27. The van der Waals surface area contributed by atoms with Crippen LogP contribution in [0.1, 0.15) is 28.0 Å². The Kier molecular flexibility index (Phi) is 5.51. The SMILES string of the molecule is Cc1c(C(=O)NCCc2ccccc2)cnn1CCCN. The van der Waals surface area contributed by atoms with E-state index >= 15 is 0 Å². The second-order valence-electron chi connectivity index (χ2n) is 5.00. The van der Waals surface area contributed by atoms with Crippen molar-refractivity contribution in [3.05, 3.63) is 53.3 Å². The predicted molar refractivity (Wildman–Crippen MR) is 83.1 cm³/mol. The van der Waals surface area contributed by atoms with Gasteiger partial charge in [0.25, 0.3) is 5.91 Å². The molecule has 0 atom stereocenters. The molecule has 1 amide bonds. The molecule has 0 aliphatic heterocycles. The molecule has 0 aliphatic carbocycles. The minimum absolute atomic E-state index is 0.0672. The van der Waals surface area contributed by atoms with Gasteiger partial charge in [-0.25, -0.2) is 0 Å². The number of aromatic nitrogens is 2. The van der Waals surface area contributed by atoms with Crippen molar-refractivity contribution in [3.8, 4) is 0 Å². The van der Waals surface area contributed by atoms with Gasteiger partial charge in [-0.15, -0.1) is 0 Å². The minimum Gasteiger partial charge on any atom is -0.352 e. The topological polar surface area (TPSA) is 72.9 Å². The smallest absolute Gasteiger partial charge is 0.254 e. The highest BCUT2D eigenvalue weighted by molar-refractivity contribution is 5.95. The minimum atomic E-state index is -0.0672. The number of carbonyl (C=O) groups excluding carboxylic acids is 1. The van der Waals surface area contributed by atoms with E-state index < -0.39 is 0 Å². The summed E-state index contributed by atoms with van der Waals surface area (Å²) in [6, 6.07) is 10.1. The number of hydrogen-bond acceptors (Lipinski definition) is 3. The lowest BCUT2D eigenvalue weighted by Gasteiger charge is -2.06. The lowest BCUT2D eigenvalue weighted by Crippen LogP contribution is -2.26. The second kappa shape index (κ2) is 7.59. The highest BCUT2D eigenvalue weighted by Gasteiger charge is 2.13. The predicted octanol–water partition coefficient (Wildman–Crippen LogP) is 1.51. The van der Waals surface area contributed by atoms with Crippen molar-refractivity contribution < 1.29 is 4.79 Å². The summed E-state index contributed by atoms with van der Waals surface area (Å²) in [7, 11) is 0. The van der Waals surface area contributed by atoms with E-state index in [0.717, 1.165) is 25.1 Å². The summed E-state index contributed by atoms with van der Waals surface area (Å²) in [4.78, 5) is 12.2. The zero-order valence-corrected chi connectivity index (χ0v) is 12.4. The number of nitrogens with two attached hydrogens (primary N) is 1. The Morgan fingerprint density at radius 3 is 2.81 bits per heavy atom. The summed E-state index contributed by atoms with van der Waals surface area (Å²) in [6.45, 7) is 3.91. The fraction of sp³-hybridized carbons (Fsp3) is 0.375. The molecule has 5 nitrogen and oxygen atoms in total. The Morgan fingerprint density at radius 1 is 1.33 bits per heavy atom. The van der Waals surface area contributed by atoms with Crippen LogP contribution in [0.15, 0.2) is 36.5 Å². The van der Waals surface area contributed by atoms with Crippen LogP contribution in [0.5, 0.6) is 0 Å². The third-order valence-corrected chi connectivity index (χ3v) is 3.46. The maximum Gasteiger partial charge on any atom is 0.254 e. The molecular formula is C16H22N4O. The fourth-order valence-corrected chi connectivity index (χ4v) is 2.20. The van der Waals surface area contributed by atoms with Gasteiger partial charge in [0.1, 0.15) is 0 Å². The molecule has 0 bridgehead atoms. The Balaban J connectivity index is 1.87. The van der Waals surface area contributed by atoms with Crippen LogP contribution < -0.4 is 11.1 Å². The second-order valence-corrected chi connectivity index (χ2v) is 5.00. The van der Waals surface area contributed by atoms with Crippen molar-refractivity contribution in [2.24, 2.45) is 5.73 Å². The van der Waals surface area contributed by atoms with Crippen LogP contribution in [0.2, 0.25) is 0 Å². The molecule has 3 N–H and O–H groups in total. The van der Waals surface area contributed by atoms with Crippen LogP contribution in [0.25, 0.3) is 0 Å². The van der Waals surface area contributed by atoms with Crippen molar-refractivity contribution >= 4 is 5.91 Å². The molecule has 0 radical (unpaired) electrons. The third-order valence-electron chi connectivity index (χ3n) is 3.46. The van der Waals surface area contributed by atoms with E-state index in [9.17, 15) is 4.79 Å². The van der Waals surface area contributed by atoms with Gasteiger partial charge in [-0.2, -0.15) is 5.10 Å². The van der Waals surface area contributed by atoms with Crippen LogP contribution >= 0.6 is 0 Å². The summed E-state index contributed by atoms with van der Waals surface area (Å²) in [5, 5.41) is 7.18. The normalized spacial score (nSPS) is 10.6. The number of aryl methyl sites for hydroxylation is 1. The van der Waals surface area contributed by atoms with E-state index in [1.54, 1.807) is 6.20 Å². The number of carbonyl (C=O) groups is 1. The van der Waals surface area contributed by atoms with Crippen LogP contribution in [0, 0.1) is 6.92 Å². The first-order valence-electron chi connectivity index (χ1n) is 7.27. The number of nitrogens with zero attached hydrogens (tertiary/aromatic N) is 2. The molecule has 1 heterocycles. The van der Waals surface area contributed by atoms with Gasteiger partial charge >= 0.3 is 0 Å². The highest BCUT2D eigenvalue weighted by atomic mass is 16.1. The van der Waals surface area contributed by atoms with Gasteiger partial charge in [0, 0.05) is 18.8 Å². The fourth-order valence-electron chi connectivity index (χ4n) is 2.20. The molecule has 21 heavy (non-hydrogen) atoms. The lowest BCUT2D eigenvalue weighted by atomic mass is 10.1. The first kappa shape index (κ1) is 15.3. The standard InChI is InChI=1S/C16H22N4O/c1-13-15(12-19-20(13)11-5-9-17)16(21)18-10-8-14-6-3-2-4-7-14/h2-4,6-7,12H,5,8-11,17H2,1H3,(H,18,21). The van der Waals surface area contributed by atoms with Crippen molar-refractivity contribution in [3.63, 3.8) is 0 Å². The van der Waals surface area contributed by atoms with E-state index in [2.05, 4.69) is 22.5 Å². The summed E-state index contributed by atoms with van der Waals surface area (Å²) >= 11 is 0. The van der Waals surface area contributed by atoms with Crippen LogP contribution in [0.3, 0.4) is 0 Å². The maximum absolute atomic E-state index is 12.2. The molecule has 112 valence electrons. The highest BCUT2D eigenvalue weighted by Crippen LogP contribution is 2.07. The molecule has 5 heteroatoms. The van der Waals surface area contributed by atoms with Gasteiger partial charge in [-0.05, 0) is 31.9 Å². The molecule has 2 aromatic rings. The molecule has 0 fully saturated rings. The van der Waals surface area contributed by atoms with Crippen molar-refractivity contribution in [2.45, 2.75) is 26.3 Å². The van der Waals surface area contributed by atoms with Crippen molar-refractivity contribution in [2.75, 3.05) is 13.1 Å². The van der Waals surface area contributed by atoms with Crippen LogP contribution in [-0.4, -0.2) is 28.8 Å². The molecule has 1 aromatic carbocycles. The van der Waals surface area contributed by atoms with Gasteiger partial charge in [-0.3, -0.25) is 9.48 Å². The molecule has 2 rings (SSSR count). The van der Waals surface area contributed by atoms with Crippen LogP contribution in [-0.2, 0) is 13.0 Å². The van der Waals surface area contributed by atoms with E-state index in [1.165, 1.54) is 5.56 Å². The quantitative estimate of drug-likeness (QED) is 0.810. The average Bonchev–Trinajstić information content (AvgIpc) is 2.87. The van der Waals surface area contributed by atoms with E-state index in [1.807, 2.05) is 29.8 Å². The lowest BCUT2D eigenvalue weighted by molar-refractivity contribution is 0.0953. The van der Waals surface area contributed by atoms with Crippen molar-refractivity contribution in [1.29, 1.82) is 0 Å². The van der Waals surface area contributed by atoms with Gasteiger partial charge in [0.2, 0.25) is 0 Å². The summed E-state index contributed by atoms with van der Waals surface area (Å²) in [6.07, 6.45) is 3.31. The average molecular weight is 286 g/mol. The molecule has 0 unspecified atom stereocenters. The Bertz CT molecular complexity index is 577. The van der Waals surface area contributed by atoms with Crippen molar-refractivity contribution in [1.82, 2.24) is 15.1 Å². The summed E-state index contributed by atoms with van der Waals surface area (Å²) in [5.74, 6) is -0.0672. The van der Waals surface area contributed by atoms with Gasteiger partial charge in [0.05, 0.1) is 11.8 Å². The Hall–Kier alpha value is -2.14. The molecular weight excluding hydrogens is 264 g/mol. The largest absolute Gasteiger partial charge is 0.352 e. The number of rotatable bonds is 7. The zero-order chi connectivity index (χ0) is 15.1. The molecule has 0 aliphatic rings. The number of nitrogens with one attached hydrogen (secondary N) is 1. The van der Waals surface area contributed by atoms with E-state index in [-0.39, 0.29) is 5.91 Å². The molecule has 1 aromatic heterocycles. The summed E-state index contributed by atoms with van der Waals surface area (Å²) in [5.41, 5.74) is 8.24. The third kappa shape index (κ3) is 4.16. The number of benzene rings is 1. The van der Waals surface area contributed by atoms with Gasteiger partial charge in [-0.1, -0.05) is 30.3 Å². The Morgan fingerprint density at radius 2 is 2.10 bits per heavy atom. The number of amides is 1. The maximum atomic E-state index is 12.2.